The van der Waals surface area contributed by atoms with Gasteiger partial charge in [-0.25, -0.2) is 9.78 Å². The molecular weight excluding hydrogens is 476 g/mol. The number of nitrogens with zero attached hydrogens (tertiary/aromatic N) is 1. The first kappa shape index (κ1) is 23.1. The Morgan fingerprint density at radius 3 is 2.24 bits per heavy atom. The van der Waals surface area contributed by atoms with Crippen molar-refractivity contribution in [2.24, 2.45) is 0 Å². The summed E-state index contributed by atoms with van der Waals surface area (Å²) in [5.41, 5.74) is 1.81. The van der Waals surface area contributed by atoms with Crippen LogP contribution in [0.2, 0.25) is 0 Å². The number of carbonyl (C=O) groups excluding carboxylic acids is 1. The van der Waals surface area contributed by atoms with Crippen LogP contribution < -0.4 is 9.46 Å². The molecule has 34 heavy (non-hydrogen) atoms. The number of hydrogen-bond acceptors (Lipinski definition) is 7. The number of nitrogens with one attached hydrogen (secondary N) is 1. The summed E-state index contributed by atoms with van der Waals surface area (Å²) < 4.78 is 33.2. The Hall–Kier alpha value is -4.02. The van der Waals surface area contributed by atoms with E-state index in [0.29, 0.717) is 21.7 Å². The van der Waals surface area contributed by atoms with E-state index in [1.165, 1.54) is 30.7 Å². The molecule has 0 saturated heterocycles. The van der Waals surface area contributed by atoms with Crippen molar-refractivity contribution in [1.29, 1.82) is 0 Å². The van der Waals surface area contributed by atoms with Gasteiger partial charge in [-0.15, -0.1) is 11.3 Å². The number of thiazole rings is 1. The zero-order chi connectivity index (χ0) is 24.3. The Bertz CT molecular complexity index is 1460. The number of anilines is 1. The number of ketones is 1. The highest BCUT2D eigenvalue weighted by Crippen LogP contribution is 2.30. The lowest BCUT2D eigenvalue weighted by Crippen LogP contribution is -2.14. The second-order valence-corrected chi connectivity index (χ2v) is 9.58. The molecule has 0 aliphatic carbocycles. The lowest BCUT2D eigenvalue weighted by molar-refractivity contribution is 0.0696. The highest BCUT2D eigenvalue weighted by molar-refractivity contribution is 7.92. The molecule has 0 radical (unpaired) electrons. The third-order valence-corrected chi connectivity index (χ3v) is 7.17. The van der Waals surface area contributed by atoms with Gasteiger partial charge in [0.15, 0.2) is 10.8 Å². The van der Waals surface area contributed by atoms with E-state index in [2.05, 4.69) is 9.71 Å². The average Bonchev–Trinajstić information content (AvgIpc) is 3.36. The standard InChI is InChI=1S/C24H18N2O6S2/c1-32-20-13-18(24(28)29)11-12-19(20)26-34(30,31)21-14-33-23(25-21)17-9-7-16(8-10-17)22(27)15-5-3-2-4-6-15/h2-14,26H,1H3,(H,28,29). The first-order chi connectivity index (χ1) is 16.3. The first-order valence-electron chi connectivity index (χ1n) is 9.88. The minimum absolute atomic E-state index is 0.0371. The number of hydrogen-bond donors (Lipinski definition) is 2. The summed E-state index contributed by atoms with van der Waals surface area (Å²) in [5, 5.41) is 10.8. The zero-order valence-corrected chi connectivity index (χ0v) is 19.4. The normalized spacial score (nSPS) is 11.1. The fourth-order valence-corrected chi connectivity index (χ4v) is 5.31. The molecule has 0 fully saturated rings. The maximum Gasteiger partial charge on any atom is 0.335 e. The number of methoxy groups -OCH3 is 1. The molecule has 10 heteroatoms. The summed E-state index contributed by atoms with van der Waals surface area (Å²) in [6.07, 6.45) is 0. The van der Waals surface area contributed by atoms with Gasteiger partial charge in [0, 0.05) is 22.1 Å². The van der Waals surface area contributed by atoms with Gasteiger partial charge in [0.25, 0.3) is 10.0 Å². The van der Waals surface area contributed by atoms with E-state index in [4.69, 9.17) is 9.84 Å². The van der Waals surface area contributed by atoms with Gasteiger partial charge < -0.3 is 9.84 Å². The van der Waals surface area contributed by atoms with Gasteiger partial charge in [0.1, 0.15) is 10.8 Å². The molecule has 4 rings (SSSR count). The maximum atomic E-state index is 12.9. The van der Waals surface area contributed by atoms with E-state index < -0.39 is 16.0 Å². The molecule has 2 N–H and O–H groups in total. The van der Waals surface area contributed by atoms with Gasteiger partial charge in [0.2, 0.25) is 0 Å². The Labute approximate surface area is 199 Å². The first-order valence-corrected chi connectivity index (χ1v) is 12.2. The third-order valence-electron chi connectivity index (χ3n) is 4.88. The summed E-state index contributed by atoms with van der Waals surface area (Å²) in [6, 6.07) is 19.5. The summed E-state index contributed by atoms with van der Waals surface area (Å²) in [4.78, 5) is 27.9. The molecule has 1 heterocycles. The summed E-state index contributed by atoms with van der Waals surface area (Å²) in [6.45, 7) is 0. The van der Waals surface area contributed by atoms with Crippen molar-refractivity contribution >= 4 is 38.8 Å². The molecule has 3 aromatic carbocycles. The molecule has 0 atom stereocenters. The van der Waals surface area contributed by atoms with Crippen molar-refractivity contribution in [3.05, 3.63) is 94.9 Å². The molecule has 0 saturated carbocycles. The minimum Gasteiger partial charge on any atom is -0.495 e. The van der Waals surface area contributed by atoms with Gasteiger partial charge in [-0.1, -0.05) is 54.6 Å². The van der Waals surface area contributed by atoms with Crippen molar-refractivity contribution in [2.75, 3.05) is 11.8 Å². The van der Waals surface area contributed by atoms with Crippen LogP contribution in [0.1, 0.15) is 26.3 Å². The van der Waals surface area contributed by atoms with E-state index in [1.54, 1.807) is 48.5 Å². The number of carboxylic acids is 1. The molecule has 0 bridgehead atoms. The van der Waals surface area contributed by atoms with Crippen molar-refractivity contribution in [3.8, 4) is 16.3 Å². The number of carbonyl (C=O) groups is 2. The van der Waals surface area contributed by atoms with Crippen LogP contribution >= 0.6 is 11.3 Å². The predicted octanol–water partition coefficient (Wildman–Crippen LogP) is 4.55. The molecule has 1 aromatic heterocycles. The largest absolute Gasteiger partial charge is 0.495 e. The molecule has 172 valence electrons. The van der Waals surface area contributed by atoms with Crippen LogP contribution in [-0.2, 0) is 10.0 Å². The number of sulfonamides is 1. The summed E-state index contributed by atoms with van der Waals surface area (Å²) in [5.74, 6) is -1.20. The van der Waals surface area contributed by atoms with Crippen LogP contribution in [-0.4, -0.2) is 37.4 Å². The van der Waals surface area contributed by atoms with Crippen molar-refractivity contribution in [1.82, 2.24) is 4.98 Å². The smallest absolute Gasteiger partial charge is 0.335 e. The quantitative estimate of drug-likeness (QED) is 0.345. The topological polar surface area (TPSA) is 123 Å². The van der Waals surface area contributed by atoms with Crippen molar-refractivity contribution < 1.29 is 27.9 Å². The lowest BCUT2D eigenvalue weighted by atomic mass is 10.0. The number of ether oxygens (including phenoxy) is 1. The van der Waals surface area contributed by atoms with Gasteiger partial charge in [-0.2, -0.15) is 8.42 Å². The fourth-order valence-electron chi connectivity index (χ4n) is 3.14. The van der Waals surface area contributed by atoms with Crippen LogP contribution in [0.15, 0.2) is 83.2 Å². The number of aromatic nitrogens is 1. The summed E-state index contributed by atoms with van der Waals surface area (Å²) in [7, 11) is -2.74. The second kappa shape index (κ2) is 9.46. The SMILES string of the molecule is COc1cc(C(=O)O)ccc1NS(=O)(=O)c1csc(-c2ccc(C(=O)c3ccccc3)cc2)n1. The van der Waals surface area contributed by atoms with Crippen LogP contribution in [0, 0.1) is 0 Å². The van der Waals surface area contributed by atoms with Crippen LogP contribution in [0.5, 0.6) is 5.75 Å². The number of benzene rings is 3. The third kappa shape index (κ3) is 4.82. The maximum absolute atomic E-state index is 12.9. The average molecular weight is 495 g/mol. The van der Waals surface area contributed by atoms with Gasteiger partial charge in [0.05, 0.1) is 18.4 Å². The minimum atomic E-state index is -4.06. The van der Waals surface area contributed by atoms with Crippen LogP contribution in [0.3, 0.4) is 0 Å². The molecule has 0 aliphatic rings. The summed E-state index contributed by atoms with van der Waals surface area (Å²) >= 11 is 1.14. The highest BCUT2D eigenvalue weighted by atomic mass is 32.2. The molecule has 0 aliphatic heterocycles. The fraction of sp³-hybridized carbons (Fsp3) is 0.0417. The van der Waals surface area contributed by atoms with Crippen molar-refractivity contribution in [2.45, 2.75) is 5.03 Å². The van der Waals surface area contributed by atoms with Gasteiger partial charge in [-0.05, 0) is 18.2 Å². The Morgan fingerprint density at radius 2 is 1.59 bits per heavy atom. The second-order valence-electron chi connectivity index (χ2n) is 7.09. The molecular formula is C24H18N2O6S2. The number of rotatable bonds is 8. The molecule has 0 unspecified atom stereocenters. The Kier molecular flexibility index (Phi) is 6.44. The van der Waals surface area contributed by atoms with E-state index >= 15 is 0 Å². The monoisotopic (exact) mass is 494 g/mol. The zero-order valence-electron chi connectivity index (χ0n) is 17.8. The molecule has 4 aromatic rings. The van der Waals surface area contributed by atoms with E-state index in [9.17, 15) is 18.0 Å². The molecule has 8 nitrogen and oxygen atoms in total. The van der Waals surface area contributed by atoms with E-state index in [0.717, 1.165) is 11.3 Å². The van der Waals surface area contributed by atoms with Gasteiger partial charge >= 0.3 is 5.97 Å². The highest BCUT2D eigenvalue weighted by Gasteiger charge is 2.21. The lowest BCUT2D eigenvalue weighted by Gasteiger charge is -2.11. The van der Waals surface area contributed by atoms with E-state index in [-0.39, 0.29) is 27.8 Å². The Morgan fingerprint density at radius 1 is 0.941 bits per heavy atom. The van der Waals surface area contributed by atoms with Crippen LogP contribution in [0.25, 0.3) is 10.6 Å². The number of aromatic carboxylic acids is 1. The van der Waals surface area contributed by atoms with Crippen LogP contribution in [0.4, 0.5) is 5.69 Å². The predicted molar refractivity (Wildman–Crippen MR) is 128 cm³/mol. The molecule has 0 spiro atoms. The Balaban J connectivity index is 1.55. The number of carboxylic acid groups (broad SMARTS) is 1. The van der Waals surface area contributed by atoms with E-state index in [1.807, 2.05) is 6.07 Å². The van der Waals surface area contributed by atoms with Gasteiger partial charge in [-0.3, -0.25) is 9.52 Å². The van der Waals surface area contributed by atoms with Crippen molar-refractivity contribution in [3.63, 3.8) is 0 Å². The molecule has 0 amide bonds.